The zero-order chi connectivity index (χ0) is 18.7. The molecule has 26 heavy (non-hydrogen) atoms. The van der Waals surface area contributed by atoms with Gasteiger partial charge in [0.1, 0.15) is 11.6 Å². The van der Waals surface area contributed by atoms with Gasteiger partial charge in [-0.2, -0.15) is 5.10 Å². The minimum absolute atomic E-state index is 0.0418. The lowest BCUT2D eigenvalue weighted by molar-refractivity contribution is 0.217. The number of aliphatic hydroxyl groups excluding tert-OH is 1. The van der Waals surface area contributed by atoms with Gasteiger partial charge in [-0.3, -0.25) is 0 Å². The van der Waals surface area contributed by atoms with Gasteiger partial charge in [-0.15, -0.1) is 0 Å². The van der Waals surface area contributed by atoms with Crippen LogP contribution in [0.1, 0.15) is 63.0 Å². The van der Waals surface area contributed by atoms with Crippen LogP contribution in [0.3, 0.4) is 0 Å². The van der Waals surface area contributed by atoms with E-state index < -0.39 is 0 Å². The summed E-state index contributed by atoms with van der Waals surface area (Å²) in [4.78, 5) is 11.8. The Morgan fingerprint density at radius 2 is 1.92 bits per heavy atom. The van der Waals surface area contributed by atoms with Gasteiger partial charge < -0.3 is 14.6 Å². The van der Waals surface area contributed by atoms with E-state index in [0.29, 0.717) is 18.4 Å². The second-order valence-corrected chi connectivity index (χ2v) is 7.81. The van der Waals surface area contributed by atoms with E-state index in [1.54, 1.807) is 0 Å². The van der Waals surface area contributed by atoms with Gasteiger partial charge in [0.2, 0.25) is 0 Å². The number of piperidine rings is 1. The van der Waals surface area contributed by atoms with Crippen LogP contribution in [0.2, 0.25) is 0 Å². The highest BCUT2D eigenvalue weighted by Gasteiger charge is 2.23. The summed E-state index contributed by atoms with van der Waals surface area (Å²) in [5, 5.41) is 14.2. The van der Waals surface area contributed by atoms with Gasteiger partial charge in [-0.1, -0.05) is 13.8 Å². The first-order valence-electron chi connectivity index (χ1n) is 9.75. The Balaban J connectivity index is 1.81. The van der Waals surface area contributed by atoms with Crippen LogP contribution >= 0.6 is 0 Å². The molecule has 3 heterocycles. The number of aromatic nitrogens is 5. The molecule has 144 valence electrons. The first kappa shape index (κ1) is 19.0. The third-order valence-electron chi connectivity index (χ3n) is 5.37. The quantitative estimate of drug-likeness (QED) is 0.818. The number of hydrogen-bond donors (Lipinski definition) is 1. The lowest BCUT2D eigenvalue weighted by atomic mass is 9.94. The highest BCUT2D eigenvalue weighted by molar-refractivity contribution is 5.08. The van der Waals surface area contributed by atoms with Crippen LogP contribution in [0.5, 0.6) is 0 Å². The van der Waals surface area contributed by atoms with Crippen molar-refractivity contribution < 1.29 is 5.11 Å². The van der Waals surface area contributed by atoms with Crippen molar-refractivity contribution in [3.63, 3.8) is 0 Å². The molecular formula is C19H32N6O. The highest BCUT2D eigenvalue weighted by atomic mass is 16.3. The standard InChI is InChI=1S/C19H32N6O/c1-14(2)18-20-7-10-24(18)15(3)19-21-17(22-25(19)11-12-26)13-16-5-8-23(4)9-6-16/h7,10,14-16,26H,5-6,8-9,11-13H2,1-4H3. The molecule has 0 aromatic carbocycles. The molecule has 1 aliphatic rings. The van der Waals surface area contributed by atoms with Gasteiger partial charge in [-0.25, -0.2) is 14.6 Å². The molecule has 0 bridgehead atoms. The molecule has 0 saturated carbocycles. The summed E-state index contributed by atoms with van der Waals surface area (Å²) in [6.07, 6.45) is 7.18. The molecule has 0 radical (unpaired) electrons. The zero-order valence-corrected chi connectivity index (χ0v) is 16.5. The topological polar surface area (TPSA) is 72.0 Å². The van der Waals surface area contributed by atoms with E-state index in [2.05, 4.69) is 42.3 Å². The second-order valence-electron chi connectivity index (χ2n) is 7.81. The smallest absolute Gasteiger partial charge is 0.151 e. The van der Waals surface area contributed by atoms with Crippen LogP contribution in [0, 0.1) is 5.92 Å². The summed E-state index contributed by atoms with van der Waals surface area (Å²) >= 11 is 0. The van der Waals surface area contributed by atoms with E-state index in [0.717, 1.165) is 37.0 Å². The van der Waals surface area contributed by atoms with Gasteiger partial charge in [0.05, 0.1) is 19.2 Å². The monoisotopic (exact) mass is 360 g/mol. The molecule has 7 heteroatoms. The van der Waals surface area contributed by atoms with E-state index in [9.17, 15) is 5.11 Å². The Morgan fingerprint density at radius 1 is 1.19 bits per heavy atom. The van der Waals surface area contributed by atoms with Crippen LogP contribution in [-0.4, -0.2) is 61.1 Å². The molecule has 1 unspecified atom stereocenters. The van der Waals surface area contributed by atoms with Crippen LogP contribution in [0.4, 0.5) is 0 Å². The summed E-state index contributed by atoms with van der Waals surface area (Å²) < 4.78 is 4.04. The third kappa shape index (κ3) is 4.15. The van der Waals surface area contributed by atoms with Gasteiger partial charge in [0.25, 0.3) is 0 Å². The molecule has 1 fully saturated rings. The van der Waals surface area contributed by atoms with Crippen LogP contribution < -0.4 is 0 Å². The Bertz CT molecular complexity index is 699. The Labute approximate surface area is 156 Å². The average Bonchev–Trinajstić information content (AvgIpc) is 3.24. The summed E-state index contributed by atoms with van der Waals surface area (Å²) in [5.41, 5.74) is 0. The van der Waals surface area contributed by atoms with Gasteiger partial charge in [0, 0.05) is 24.7 Å². The van der Waals surface area contributed by atoms with Crippen molar-refractivity contribution in [1.29, 1.82) is 0 Å². The molecule has 0 spiro atoms. The Kier molecular flexibility index (Phi) is 6.09. The number of likely N-dealkylation sites (tertiary alicyclic amines) is 1. The van der Waals surface area contributed by atoms with E-state index in [1.807, 2.05) is 17.1 Å². The molecule has 0 aliphatic carbocycles. The zero-order valence-electron chi connectivity index (χ0n) is 16.5. The van der Waals surface area contributed by atoms with Crippen molar-refractivity contribution in [3.05, 3.63) is 29.9 Å². The molecular weight excluding hydrogens is 328 g/mol. The number of nitrogens with zero attached hydrogens (tertiary/aromatic N) is 6. The van der Waals surface area contributed by atoms with E-state index in [4.69, 9.17) is 10.1 Å². The van der Waals surface area contributed by atoms with Crippen molar-refractivity contribution >= 4 is 0 Å². The Hall–Kier alpha value is -1.73. The number of rotatable bonds is 7. The predicted molar refractivity (Wildman–Crippen MR) is 101 cm³/mol. The predicted octanol–water partition coefficient (Wildman–Crippen LogP) is 2.08. The fourth-order valence-corrected chi connectivity index (χ4v) is 3.81. The average molecular weight is 361 g/mol. The van der Waals surface area contributed by atoms with Crippen molar-refractivity contribution in [2.24, 2.45) is 5.92 Å². The van der Waals surface area contributed by atoms with Gasteiger partial charge in [0.15, 0.2) is 5.82 Å². The summed E-state index contributed by atoms with van der Waals surface area (Å²) in [6.45, 7) is 9.27. The Morgan fingerprint density at radius 3 is 2.58 bits per heavy atom. The summed E-state index contributed by atoms with van der Waals surface area (Å²) in [5.74, 6) is 3.86. The largest absolute Gasteiger partial charge is 0.394 e. The highest BCUT2D eigenvalue weighted by Crippen LogP contribution is 2.24. The minimum atomic E-state index is 0.0418. The van der Waals surface area contributed by atoms with E-state index in [-0.39, 0.29) is 12.6 Å². The molecule has 7 nitrogen and oxygen atoms in total. The lowest BCUT2D eigenvalue weighted by Gasteiger charge is -2.28. The van der Waals surface area contributed by atoms with Crippen molar-refractivity contribution in [3.8, 4) is 0 Å². The molecule has 1 N–H and O–H groups in total. The number of hydrogen-bond acceptors (Lipinski definition) is 5. The van der Waals surface area contributed by atoms with Crippen molar-refractivity contribution in [2.75, 3.05) is 26.7 Å². The maximum absolute atomic E-state index is 9.45. The van der Waals surface area contributed by atoms with Crippen molar-refractivity contribution in [2.45, 2.75) is 58.5 Å². The molecule has 0 amide bonds. The fraction of sp³-hybridized carbons (Fsp3) is 0.737. The molecule has 1 atom stereocenters. The second kappa shape index (κ2) is 8.31. The molecule has 1 saturated heterocycles. The minimum Gasteiger partial charge on any atom is -0.394 e. The van der Waals surface area contributed by atoms with Crippen LogP contribution in [-0.2, 0) is 13.0 Å². The van der Waals surface area contributed by atoms with Crippen molar-refractivity contribution in [1.82, 2.24) is 29.2 Å². The molecule has 2 aromatic rings. The first-order chi connectivity index (χ1) is 12.5. The SMILES string of the molecule is CC(C)c1nccn1C(C)c1nc(CC2CCN(C)CC2)nn1CCO. The molecule has 1 aliphatic heterocycles. The first-order valence-corrected chi connectivity index (χ1v) is 9.75. The van der Waals surface area contributed by atoms with Crippen LogP contribution in [0.25, 0.3) is 0 Å². The third-order valence-corrected chi connectivity index (χ3v) is 5.37. The fourth-order valence-electron chi connectivity index (χ4n) is 3.81. The normalized spacial score (nSPS) is 17.9. The maximum atomic E-state index is 9.45. The number of aliphatic hydroxyl groups is 1. The van der Waals surface area contributed by atoms with Gasteiger partial charge >= 0.3 is 0 Å². The maximum Gasteiger partial charge on any atom is 0.151 e. The number of imidazole rings is 1. The molecule has 2 aromatic heterocycles. The van der Waals surface area contributed by atoms with Crippen LogP contribution in [0.15, 0.2) is 12.4 Å². The van der Waals surface area contributed by atoms with E-state index in [1.165, 1.54) is 12.8 Å². The molecule has 3 rings (SSSR count). The summed E-state index contributed by atoms with van der Waals surface area (Å²) in [6, 6.07) is 0.0418. The summed E-state index contributed by atoms with van der Waals surface area (Å²) in [7, 11) is 2.18. The van der Waals surface area contributed by atoms with Gasteiger partial charge in [-0.05, 0) is 45.8 Å². The lowest BCUT2D eigenvalue weighted by Crippen LogP contribution is -2.31. The van der Waals surface area contributed by atoms with E-state index >= 15 is 0 Å².